The minimum atomic E-state index is -1.13. The minimum Gasteiger partial charge on any atom is -0.335 e. The number of amides is 1. The lowest BCUT2D eigenvalue weighted by Gasteiger charge is -2.34. The van der Waals surface area contributed by atoms with E-state index in [0.29, 0.717) is 0 Å². The van der Waals surface area contributed by atoms with Gasteiger partial charge >= 0.3 is 0 Å². The molecule has 0 aliphatic rings. The SMILES string of the molecule is CN(C(=O)c1cccc(F)c1F)C(C)(C)CN. The van der Waals surface area contributed by atoms with Gasteiger partial charge in [0, 0.05) is 19.1 Å². The summed E-state index contributed by atoms with van der Waals surface area (Å²) in [6.45, 7) is 3.73. The van der Waals surface area contributed by atoms with Crippen molar-refractivity contribution in [1.29, 1.82) is 0 Å². The number of hydrogen-bond acceptors (Lipinski definition) is 2. The Balaban J connectivity index is 3.09. The van der Waals surface area contributed by atoms with Gasteiger partial charge < -0.3 is 10.6 Å². The van der Waals surface area contributed by atoms with Gasteiger partial charge in [0.25, 0.3) is 5.91 Å². The molecule has 3 nitrogen and oxygen atoms in total. The Bertz CT molecular complexity index is 433. The van der Waals surface area contributed by atoms with E-state index in [4.69, 9.17) is 5.73 Å². The third-order valence-corrected chi connectivity index (χ3v) is 2.89. The zero-order valence-corrected chi connectivity index (χ0v) is 10.1. The van der Waals surface area contributed by atoms with Crippen molar-refractivity contribution >= 4 is 5.91 Å². The van der Waals surface area contributed by atoms with Crippen molar-refractivity contribution in [1.82, 2.24) is 4.90 Å². The summed E-state index contributed by atoms with van der Waals surface area (Å²) in [5, 5.41) is 0. The molecule has 0 aliphatic heterocycles. The minimum absolute atomic E-state index is 0.228. The van der Waals surface area contributed by atoms with Gasteiger partial charge in [0.2, 0.25) is 0 Å². The average Bonchev–Trinajstić information content (AvgIpc) is 2.30. The molecule has 0 saturated heterocycles. The quantitative estimate of drug-likeness (QED) is 0.878. The third kappa shape index (κ3) is 2.61. The molecule has 0 fully saturated rings. The number of carbonyl (C=O) groups excluding carboxylic acids is 1. The first-order valence-electron chi connectivity index (χ1n) is 5.23. The van der Waals surface area contributed by atoms with Crippen LogP contribution in [0.1, 0.15) is 24.2 Å². The van der Waals surface area contributed by atoms with Crippen LogP contribution in [-0.2, 0) is 0 Å². The van der Waals surface area contributed by atoms with Crippen LogP contribution in [0.25, 0.3) is 0 Å². The van der Waals surface area contributed by atoms with Crippen LogP contribution >= 0.6 is 0 Å². The van der Waals surface area contributed by atoms with Crippen molar-refractivity contribution in [3.63, 3.8) is 0 Å². The Labute approximate surface area is 99.2 Å². The number of nitrogens with zero attached hydrogens (tertiary/aromatic N) is 1. The van der Waals surface area contributed by atoms with Gasteiger partial charge in [-0.05, 0) is 26.0 Å². The molecule has 0 spiro atoms. The molecule has 0 aliphatic carbocycles. The van der Waals surface area contributed by atoms with E-state index in [0.717, 1.165) is 6.07 Å². The molecule has 1 amide bonds. The van der Waals surface area contributed by atoms with Crippen molar-refractivity contribution < 1.29 is 13.6 Å². The molecule has 94 valence electrons. The van der Waals surface area contributed by atoms with E-state index in [9.17, 15) is 13.6 Å². The van der Waals surface area contributed by atoms with Crippen LogP contribution in [-0.4, -0.2) is 29.9 Å². The Kier molecular flexibility index (Phi) is 3.83. The number of rotatable bonds is 3. The largest absolute Gasteiger partial charge is 0.335 e. The van der Waals surface area contributed by atoms with E-state index in [1.807, 2.05) is 0 Å². The lowest BCUT2D eigenvalue weighted by Crippen LogP contribution is -2.50. The molecule has 0 atom stereocenters. The van der Waals surface area contributed by atoms with Crippen LogP contribution in [0.2, 0.25) is 0 Å². The van der Waals surface area contributed by atoms with Crippen molar-refractivity contribution in [2.45, 2.75) is 19.4 Å². The monoisotopic (exact) mass is 242 g/mol. The summed E-state index contributed by atoms with van der Waals surface area (Å²) in [6, 6.07) is 3.53. The highest BCUT2D eigenvalue weighted by Gasteiger charge is 2.28. The summed E-state index contributed by atoms with van der Waals surface area (Å²) in [4.78, 5) is 13.3. The van der Waals surface area contributed by atoms with Gasteiger partial charge in [0.05, 0.1) is 5.56 Å². The summed E-state index contributed by atoms with van der Waals surface area (Å²) < 4.78 is 26.5. The topological polar surface area (TPSA) is 46.3 Å². The lowest BCUT2D eigenvalue weighted by molar-refractivity contribution is 0.0634. The van der Waals surface area contributed by atoms with Gasteiger partial charge in [0.15, 0.2) is 11.6 Å². The van der Waals surface area contributed by atoms with Crippen LogP contribution in [0, 0.1) is 11.6 Å². The predicted octanol–water partition coefficient (Wildman–Crippen LogP) is 1.77. The van der Waals surface area contributed by atoms with Crippen LogP contribution < -0.4 is 5.73 Å². The summed E-state index contributed by atoms with van der Waals surface area (Å²) in [5.74, 6) is -2.75. The van der Waals surface area contributed by atoms with Crippen molar-refractivity contribution in [2.24, 2.45) is 5.73 Å². The average molecular weight is 242 g/mol. The molecular formula is C12H16F2N2O. The highest BCUT2D eigenvalue weighted by molar-refractivity contribution is 5.94. The number of nitrogens with two attached hydrogens (primary N) is 1. The number of likely N-dealkylation sites (N-methyl/N-ethyl adjacent to an activating group) is 1. The molecule has 0 bridgehead atoms. The van der Waals surface area contributed by atoms with Gasteiger partial charge in [-0.2, -0.15) is 0 Å². The van der Waals surface area contributed by atoms with Crippen LogP contribution in [0.5, 0.6) is 0 Å². The molecule has 2 N–H and O–H groups in total. The van der Waals surface area contributed by atoms with E-state index in [-0.39, 0.29) is 12.1 Å². The van der Waals surface area contributed by atoms with Crippen molar-refractivity contribution in [3.8, 4) is 0 Å². The first-order chi connectivity index (χ1) is 7.81. The molecule has 0 radical (unpaired) electrons. The number of hydrogen-bond donors (Lipinski definition) is 1. The Morgan fingerprint density at radius 2 is 2.00 bits per heavy atom. The summed E-state index contributed by atoms with van der Waals surface area (Å²) >= 11 is 0. The fourth-order valence-electron chi connectivity index (χ4n) is 1.26. The summed E-state index contributed by atoms with van der Waals surface area (Å²) in [5.41, 5.74) is 4.63. The highest BCUT2D eigenvalue weighted by atomic mass is 19.2. The van der Waals surface area contributed by atoms with Gasteiger partial charge in [-0.15, -0.1) is 0 Å². The second kappa shape index (κ2) is 4.79. The molecule has 17 heavy (non-hydrogen) atoms. The van der Waals surface area contributed by atoms with E-state index in [1.165, 1.54) is 24.1 Å². The Hall–Kier alpha value is -1.49. The zero-order chi connectivity index (χ0) is 13.2. The van der Waals surface area contributed by atoms with E-state index in [1.54, 1.807) is 13.8 Å². The molecule has 1 rings (SSSR count). The van der Waals surface area contributed by atoms with Crippen LogP contribution in [0.15, 0.2) is 18.2 Å². The molecule has 0 aromatic heterocycles. The van der Waals surface area contributed by atoms with Crippen molar-refractivity contribution in [2.75, 3.05) is 13.6 Å². The number of halogens is 2. The maximum Gasteiger partial charge on any atom is 0.257 e. The summed E-state index contributed by atoms with van der Waals surface area (Å²) in [7, 11) is 1.51. The maximum absolute atomic E-state index is 13.5. The summed E-state index contributed by atoms with van der Waals surface area (Å²) in [6.07, 6.45) is 0. The van der Waals surface area contributed by atoms with E-state index < -0.39 is 23.1 Å². The standard InChI is InChI=1S/C12H16F2N2O/c1-12(2,7-15)16(3)11(17)8-5-4-6-9(13)10(8)14/h4-6H,7,15H2,1-3H3. The van der Waals surface area contributed by atoms with Crippen molar-refractivity contribution in [3.05, 3.63) is 35.4 Å². The smallest absolute Gasteiger partial charge is 0.257 e. The first-order valence-corrected chi connectivity index (χ1v) is 5.23. The Morgan fingerprint density at radius 3 is 2.53 bits per heavy atom. The Morgan fingerprint density at radius 1 is 1.41 bits per heavy atom. The highest BCUT2D eigenvalue weighted by Crippen LogP contribution is 2.18. The van der Waals surface area contributed by atoms with E-state index >= 15 is 0 Å². The number of benzene rings is 1. The molecule has 0 saturated carbocycles. The lowest BCUT2D eigenvalue weighted by atomic mass is 10.0. The van der Waals surface area contributed by atoms with Crippen LogP contribution in [0.4, 0.5) is 8.78 Å². The van der Waals surface area contributed by atoms with E-state index in [2.05, 4.69) is 0 Å². The fraction of sp³-hybridized carbons (Fsp3) is 0.417. The third-order valence-electron chi connectivity index (χ3n) is 2.89. The molecular weight excluding hydrogens is 226 g/mol. The van der Waals surface area contributed by atoms with Gasteiger partial charge in [-0.25, -0.2) is 8.78 Å². The second-order valence-electron chi connectivity index (χ2n) is 4.48. The molecule has 1 aromatic carbocycles. The first kappa shape index (κ1) is 13.6. The molecule has 0 unspecified atom stereocenters. The molecule has 1 aromatic rings. The maximum atomic E-state index is 13.5. The van der Waals surface area contributed by atoms with Gasteiger partial charge in [-0.1, -0.05) is 6.07 Å². The van der Waals surface area contributed by atoms with Gasteiger partial charge in [-0.3, -0.25) is 4.79 Å². The van der Waals surface area contributed by atoms with Crippen LogP contribution in [0.3, 0.4) is 0 Å². The normalized spacial score (nSPS) is 11.4. The predicted molar refractivity (Wildman–Crippen MR) is 61.6 cm³/mol. The molecule has 0 heterocycles. The zero-order valence-electron chi connectivity index (χ0n) is 10.1. The molecule has 5 heteroatoms. The fourth-order valence-corrected chi connectivity index (χ4v) is 1.26. The second-order valence-corrected chi connectivity index (χ2v) is 4.48. The number of carbonyl (C=O) groups is 1. The van der Waals surface area contributed by atoms with Gasteiger partial charge in [0.1, 0.15) is 0 Å².